The van der Waals surface area contributed by atoms with Gasteiger partial charge >= 0.3 is 0 Å². The third-order valence-corrected chi connectivity index (χ3v) is 4.17. The lowest BCUT2D eigenvalue weighted by atomic mass is 10.0. The summed E-state index contributed by atoms with van der Waals surface area (Å²) in [7, 11) is 0. The zero-order valence-corrected chi connectivity index (χ0v) is 13.0. The smallest absolute Gasteiger partial charge is 0.200 e. The second-order valence-corrected chi connectivity index (χ2v) is 6.04. The van der Waals surface area contributed by atoms with Crippen LogP contribution in [0.15, 0.2) is 40.9 Å². The molecule has 4 heteroatoms. The first-order valence-electron chi connectivity index (χ1n) is 6.86. The molecule has 0 N–H and O–H groups in total. The van der Waals surface area contributed by atoms with E-state index in [-0.39, 0.29) is 18.1 Å². The van der Waals surface area contributed by atoms with Crippen LogP contribution < -0.4 is 4.74 Å². The molecule has 1 aliphatic carbocycles. The van der Waals surface area contributed by atoms with E-state index in [2.05, 4.69) is 15.9 Å². The van der Waals surface area contributed by atoms with Gasteiger partial charge in [-0.25, -0.2) is 4.39 Å². The number of hydrogen-bond donors (Lipinski definition) is 0. The van der Waals surface area contributed by atoms with Gasteiger partial charge in [-0.3, -0.25) is 4.79 Å². The van der Waals surface area contributed by atoms with Crippen molar-refractivity contribution in [1.82, 2.24) is 0 Å². The lowest BCUT2D eigenvalue weighted by Gasteiger charge is -2.08. The van der Waals surface area contributed by atoms with E-state index in [4.69, 9.17) is 4.74 Å². The third-order valence-electron chi connectivity index (χ3n) is 3.67. The van der Waals surface area contributed by atoms with E-state index in [9.17, 15) is 9.18 Å². The van der Waals surface area contributed by atoms with Crippen LogP contribution in [0.5, 0.6) is 5.75 Å². The maximum absolute atomic E-state index is 13.6. The molecule has 0 radical (unpaired) electrons. The molecule has 21 heavy (non-hydrogen) atoms. The SMILES string of the molecule is O=C(COc1ccc(Br)cc1F)c1ccc2c(c1)CCC2. The molecular formula is C17H14BrFO2. The largest absolute Gasteiger partial charge is 0.482 e. The topological polar surface area (TPSA) is 26.3 Å². The number of carbonyl (C=O) groups excluding carboxylic acids is 1. The van der Waals surface area contributed by atoms with Gasteiger partial charge in [0.1, 0.15) is 0 Å². The maximum atomic E-state index is 13.6. The average Bonchev–Trinajstić information content (AvgIpc) is 2.93. The minimum Gasteiger partial charge on any atom is -0.482 e. The highest BCUT2D eigenvalue weighted by atomic mass is 79.9. The molecule has 0 saturated heterocycles. The Kier molecular flexibility index (Phi) is 4.06. The van der Waals surface area contributed by atoms with Gasteiger partial charge < -0.3 is 4.74 Å². The Balaban J connectivity index is 1.69. The third kappa shape index (κ3) is 3.16. The second-order valence-electron chi connectivity index (χ2n) is 5.12. The number of halogens is 2. The van der Waals surface area contributed by atoms with Crippen LogP contribution in [0.25, 0.3) is 0 Å². The van der Waals surface area contributed by atoms with Crippen molar-refractivity contribution in [2.24, 2.45) is 0 Å². The summed E-state index contributed by atoms with van der Waals surface area (Å²) in [6, 6.07) is 10.3. The minimum atomic E-state index is -0.480. The molecule has 0 unspecified atom stereocenters. The Hall–Kier alpha value is -1.68. The Labute approximate surface area is 131 Å². The highest BCUT2D eigenvalue weighted by Gasteiger charge is 2.15. The Morgan fingerprint density at radius 2 is 1.95 bits per heavy atom. The van der Waals surface area contributed by atoms with Crippen molar-refractivity contribution in [3.8, 4) is 5.75 Å². The first kappa shape index (κ1) is 14.3. The summed E-state index contributed by atoms with van der Waals surface area (Å²) in [5, 5.41) is 0. The molecule has 0 amide bonds. The van der Waals surface area contributed by atoms with Crippen LogP contribution in [-0.4, -0.2) is 12.4 Å². The highest BCUT2D eigenvalue weighted by Crippen LogP contribution is 2.24. The standard InChI is InChI=1S/C17H14BrFO2/c18-14-6-7-17(15(19)9-14)21-10-16(20)13-5-4-11-2-1-3-12(11)8-13/h4-9H,1-3,10H2. The van der Waals surface area contributed by atoms with Crippen molar-refractivity contribution in [3.63, 3.8) is 0 Å². The number of Topliss-reactive ketones (excluding diaryl/α,β-unsaturated/α-hetero) is 1. The van der Waals surface area contributed by atoms with Crippen molar-refractivity contribution in [2.45, 2.75) is 19.3 Å². The molecular weight excluding hydrogens is 335 g/mol. The van der Waals surface area contributed by atoms with Crippen LogP contribution in [0.4, 0.5) is 4.39 Å². The Morgan fingerprint density at radius 1 is 1.14 bits per heavy atom. The minimum absolute atomic E-state index is 0.0905. The van der Waals surface area contributed by atoms with E-state index in [1.54, 1.807) is 6.07 Å². The quantitative estimate of drug-likeness (QED) is 0.768. The van der Waals surface area contributed by atoms with Crippen LogP contribution in [0, 0.1) is 5.82 Å². The average molecular weight is 349 g/mol. The molecule has 2 aromatic rings. The van der Waals surface area contributed by atoms with Gasteiger partial charge in [0.2, 0.25) is 0 Å². The zero-order valence-electron chi connectivity index (χ0n) is 11.4. The lowest BCUT2D eigenvalue weighted by molar-refractivity contribution is 0.0918. The van der Waals surface area contributed by atoms with Gasteiger partial charge in [-0.05, 0) is 54.7 Å². The summed E-state index contributed by atoms with van der Waals surface area (Å²) in [6.07, 6.45) is 3.26. The first-order chi connectivity index (χ1) is 10.1. The van der Waals surface area contributed by atoms with Crippen LogP contribution in [-0.2, 0) is 12.8 Å². The highest BCUT2D eigenvalue weighted by molar-refractivity contribution is 9.10. The zero-order chi connectivity index (χ0) is 14.8. The summed E-state index contributed by atoms with van der Waals surface area (Å²) in [4.78, 5) is 12.1. The van der Waals surface area contributed by atoms with E-state index < -0.39 is 5.82 Å². The van der Waals surface area contributed by atoms with Gasteiger partial charge in [-0.2, -0.15) is 0 Å². The first-order valence-corrected chi connectivity index (χ1v) is 7.65. The number of benzene rings is 2. The molecule has 0 heterocycles. The molecule has 3 rings (SSSR count). The van der Waals surface area contributed by atoms with Gasteiger partial charge in [0.05, 0.1) is 0 Å². The normalized spacial score (nSPS) is 13.0. The van der Waals surface area contributed by atoms with Gasteiger partial charge in [0.25, 0.3) is 0 Å². The summed E-state index contributed by atoms with van der Waals surface area (Å²) >= 11 is 3.18. The number of ketones is 1. The summed E-state index contributed by atoms with van der Waals surface area (Å²) < 4.78 is 19.5. The Morgan fingerprint density at radius 3 is 2.76 bits per heavy atom. The number of fused-ring (bicyclic) bond motifs is 1. The Bertz CT molecular complexity index is 697. The van der Waals surface area contributed by atoms with Crippen molar-refractivity contribution in [2.75, 3.05) is 6.61 Å². The number of hydrogen-bond acceptors (Lipinski definition) is 2. The van der Waals surface area contributed by atoms with Crippen LogP contribution in [0.2, 0.25) is 0 Å². The van der Waals surface area contributed by atoms with Crippen LogP contribution >= 0.6 is 15.9 Å². The van der Waals surface area contributed by atoms with Gasteiger partial charge in [0.15, 0.2) is 24.0 Å². The maximum Gasteiger partial charge on any atom is 0.200 e. The van der Waals surface area contributed by atoms with Crippen molar-refractivity contribution >= 4 is 21.7 Å². The summed E-state index contributed by atoms with van der Waals surface area (Å²) in [5.41, 5.74) is 3.20. The van der Waals surface area contributed by atoms with Gasteiger partial charge in [-0.15, -0.1) is 0 Å². The fourth-order valence-electron chi connectivity index (χ4n) is 2.56. The summed E-state index contributed by atoms with van der Waals surface area (Å²) in [5.74, 6) is -0.522. The van der Waals surface area contributed by atoms with Crippen LogP contribution in [0.3, 0.4) is 0 Å². The number of aryl methyl sites for hydroxylation is 2. The molecule has 0 atom stereocenters. The van der Waals surface area contributed by atoms with Crippen molar-refractivity contribution in [1.29, 1.82) is 0 Å². The van der Waals surface area contributed by atoms with E-state index in [1.807, 2.05) is 18.2 Å². The predicted octanol–water partition coefficient (Wildman–Crippen LogP) is 4.34. The van der Waals surface area contributed by atoms with Crippen LogP contribution in [0.1, 0.15) is 27.9 Å². The van der Waals surface area contributed by atoms with Gasteiger partial charge in [-0.1, -0.05) is 28.1 Å². The van der Waals surface area contributed by atoms with E-state index in [0.717, 1.165) is 19.3 Å². The van der Waals surface area contributed by atoms with Crippen molar-refractivity contribution < 1.29 is 13.9 Å². The molecule has 0 fully saturated rings. The summed E-state index contributed by atoms with van der Waals surface area (Å²) in [6.45, 7) is -0.155. The molecule has 0 bridgehead atoms. The fourth-order valence-corrected chi connectivity index (χ4v) is 2.90. The molecule has 0 aromatic heterocycles. The second kappa shape index (κ2) is 5.98. The molecule has 0 spiro atoms. The molecule has 1 aliphatic rings. The number of rotatable bonds is 4. The lowest BCUT2D eigenvalue weighted by Crippen LogP contribution is -2.12. The molecule has 0 aliphatic heterocycles. The van der Waals surface area contributed by atoms with E-state index in [0.29, 0.717) is 10.0 Å². The monoisotopic (exact) mass is 348 g/mol. The number of carbonyl (C=O) groups is 1. The molecule has 2 nitrogen and oxygen atoms in total. The van der Waals surface area contributed by atoms with Crippen molar-refractivity contribution in [3.05, 3.63) is 63.4 Å². The van der Waals surface area contributed by atoms with E-state index in [1.165, 1.54) is 23.3 Å². The molecule has 0 saturated carbocycles. The molecule has 108 valence electrons. The van der Waals surface area contributed by atoms with Gasteiger partial charge in [0, 0.05) is 10.0 Å². The fraction of sp³-hybridized carbons (Fsp3) is 0.235. The van der Waals surface area contributed by atoms with E-state index >= 15 is 0 Å². The predicted molar refractivity (Wildman–Crippen MR) is 82.4 cm³/mol. The number of ether oxygens (including phenoxy) is 1. The molecule has 2 aromatic carbocycles.